The molecule has 0 fully saturated rings. The van der Waals surface area contributed by atoms with Crippen molar-refractivity contribution in [3.63, 3.8) is 0 Å². The van der Waals surface area contributed by atoms with Crippen LogP contribution in [0.25, 0.3) is 11.1 Å². The Morgan fingerprint density at radius 2 is 2.41 bits per heavy atom. The lowest BCUT2D eigenvalue weighted by molar-refractivity contribution is 0.0364. The van der Waals surface area contributed by atoms with E-state index in [2.05, 4.69) is 15.4 Å². The first-order valence-electron chi connectivity index (χ1n) is 5.04. The van der Waals surface area contributed by atoms with E-state index >= 15 is 0 Å². The minimum absolute atomic E-state index is 0.127. The van der Waals surface area contributed by atoms with Gasteiger partial charge in [0.1, 0.15) is 11.1 Å². The summed E-state index contributed by atoms with van der Waals surface area (Å²) in [6.07, 6.45) is 1.22. The summed E-state index contributed by atoms with van der Waals surface area (Å²) >= 11 is 0. The number of aromatic amines is 1. The van der Waals surface area contributed by atoms with Crippen molar-refractivity contribution in [2.45, 2.75) is 13.8 Å². The SMILES string of the molecule is CCONC(=O)c1c(C)oc2nc[nH]c(=O)c12. The molecule has 0 unspecified atom stereocenters. The third-order valence-corrected chi connectivity index (χ3v) is 2.21. The van der Waals surface area contributed by atoms with Crippen molar-refractivity contribution in [2.75, 3.05) is 6.61 Å². The van der Waals surface area contributed by atoms with Crippen molar-refractivity contribution in [1.29, 1.82) is 0 Å². The second-order valence-corrected chi connectivity index (χ2v) is 3.31. The zero-order chi connectivity index (χ0) is 12.4. The lowest BCUT2D eigenvalue weighted by atomic mass is 10.2. The predicted molar refractivity (Wildman–Crippen MR) is 58.5 cm³/mol. The molecule has 0 aliphatic carbocycles. The lowest BCUT2D eigenvalue weighted by Crippen LogP contribution is -2.25. The van der Waals surface area contributed by atoms with Crippen molar-refractivity contribution in [1.82, 2.24) is 15.4 Å². The third-order valence-electron chi connectivity index (χ3n) is 2.21. The highest BCUT2D eigenvalue weighted by Gasteiger charge is 2.21. The van der Waals surface area contributed by atoms with Crippen LogP contribution in [0.1, 0.15) is 23.0 Å². The monoisotopic (exact) mass is 237 g/mol. The van der Waals surface area contributed by atoms with E-state index in [1.165, 1.54) is 6.33 Å². The van der Waals surface area contributed by atoms with Crippen LogP contribution >= 0.6 is 0 Å². The minimum atomic E-state index is -0.526. The Morgan fingerprint density at radius 1 is 1.65 bits per heavy atom. The fourth-order valence-electron chi connectivity index (χ4n) is 1.52. The molecule has 2 aromatic heterocycles. The highest BCUT2D eigenvalue weighted by Crippen LogP contribution is 2.19. The number of fused-ring (bicyclic) bond motifs is 1. The highest BCUT2D eigenvalue weighted by molar-refractivity contribution is 6.05. The Kier molecular flexibility index (Phi) is 2.92. The van der Waals surface area contributed by atoms with Gasteiger partial charge in [0.15, 0.2) is 0 Å². The van der Waals surface area contributed by atoms with Gasteiger partial charge in [-0.2, -0.15) is 0 Å². The predicted octanol–water partition coefficient (Wildman–Crippen LogP) is 0.506. The van der Waals surface area contributed by atoms with Crippen LogP contribution in [0.5, 0.6) is 0 Å². The molecule has 0 saturated heterocycles. The van der Waals surface area contributed by atoms with Gasteiger partial charge in [-0.3, -0.25) is 14.4 Å². The quantitative estimate of drug-likeness (QED) is 0.758. The van der Waals surface area contributed by atoms with Crippen molar-refractivity contribution < 1.29 is 14.0 Å². The summed E-state index contributed by atoms with van der Waals surface area (Å²) in [5.41, 5.74) is 2.07. The van der Waals surface area contributed by atoms with Crippen LogP contribution in [0.2, 0.25) is 0 Å². The maximum atomic E-state index is 11.8. The van der Waals surface area contributed by atoms with E-state index in [9.17, 15) is 9.59 Å². The number of carbonyl (C=O) groups excluding carboxylic acids is 1. The van der Waals surface area contributed by atoms with Gasteiger partial charge < -0.3 is 9.40 Å². The van der Waals surface area contributed by atoms with Crippen LogP contribution in [0, 0.1) is 6.92 Å². The number of aryl methyl sites for hydroxylation is 1. The standard InChI is InChI=1S/C10H11N3O4/c1-3-16-13-9(15)6-5(2)17-10-7(6)8(14)11-4-12-10/h4H,3H2,1-2H3,(H,13,15)(H,11,12,14). The maximum absolute atomic E-state index is 11.8. The summed E-state index contributed by atoms with van der Waals surface area (Å²) in [7, 11) is 0. The van der Waals surface area contributed by atoms with Gasteiger partial charge >= 0.3 is 0 Å². The Hall–Kier alpha value is -2.15. The molecule has 90 valence electrons. The van der Waals surface area contributed by atoms with E-state index in [4.69, 9.17) is 9.25 Å². The first kappa shape index (κ1) is 11.3. The molecule has 0 atom stereocenters. The van der Waals surface area contributed by atoms with E-state index in [1.54, 1.807) is 13.8 Å². The van der Waals surface area contributed by atoms with Crippen LogP contribution in [-0.4, -0.2) is 22.5 Å². The molecule has 2 N–H and O–H groups in total. The van der Waals surface area contributed by atoms with Gasteiger partial charge in [0.05, 0.1) is 18.5 Å². The molecule has 0 aliphatic rings. The third kappa shape index (κ3) is 1.92. The molecule has 2 rings (SSSR count). The molecule has 7 nitrogen and oxygen atoms in total. The van der Waals surface area contributed by atoms with Crippen LogP contribution in [0.15, 0.2) is 15.5 Å². The molecule has 0 aromatic carbocycles. The highest BCUT2D eigenvalue weighted by atomic mass is 16.6. The van der Waals surface area contributed by atoms with Crippen molar-refractivity contribution in [3.05, 3.63) is 28.0 Å². The molecular formula is C10H11N3O4. The molecule has 1 amide bonds. The summed E-state index contributed by atoms with van der Waals surface area (Å²) in [6.45, 7) is 3.64. The van der Waals surface area contributed by atoms with Gasteiger partial charge in [0.25, 0.3) is 11.5 Å². The number of H-pyrrole nitrogens is 1. The first-order chi connectivity index (χ1) is 8.15. The van der Waals surface area contributed by atoms with Crippen LogP contribution in [0.3, 0.4) is 0 Å². The molecule has 0 aliphatic heterocycles. The molecule has 0 radical (unpaired) electrons. The molecule has 17 heavy (non-hydrogen) atoms. The number of hydrogen-bond donors (Lipinski definition) is 2. The van der Waals surface area contributed by atoms with Gasteiger partial charge in [-0.05, 0) is 13.8 Å². The maximum Gasteiger partial charge on any atom is 0.279 e. The second-order valence-electron chi connectivity index (χ2n) is 3.31. The van der Waals surface area contributed by atoms with Crippen LogP contribution in [-0.2, 0) is 4.84 Å². The smallest absolute Gasteiger partial charge is 0.279 e. The largest absolute Gasteiger partial charge is 0.442 e. The van der Waals surface area contributed by atoms with E-state index in [1.807, 2.05) is 0 Å². The normalized spacial score (nSPS) is 10.7. The molecule has 0 spiro atoms. The van der Waals surface area contributed by atoms with Crippen molar-refractivity contribution >= 4 is 17.0 Å². The van der Waals surface area contributed by atoms with Crippen LogP contribution < -0.4 is 11.0 Å². The zero-order valence-electron chi connectivity index (χ0n) is 9.36. The van der Waals surface area contributed by atoms with Gasteiger partial charge in [-0.1, -0.05) is 0 Å². The topological polar surface area (TPSA) is 97.2 Å². The summed E-state index contributed by atoms with van der Waals surface area (Å²) in [4.78, 5) is 34.4. The van der Waals surface area contributed by atoms with E-state index in [-0.39, 0.29) is 16.7 Å². The molecule has 7 heteroatoms. The number of amides is 1. The summed E-state index contributed by atoms with van der Waals surface area (Å²) < 4.78 is 5.23. The van der Waals surface area contributed by atoms with Gasteiger partial charge in [-0.25, -0.2) is 10.5 Å². The summed E-state index contributed by atoms with van der Waals surface area (Å²) in [5.74, 6) is -0.206. The van der Waals surface area contributed by atoms with E-state index < -0.39 is 11.5 Å². The Morgan fingerprint density at radius 3 is 3.12 bits per heavy atom. The van der Waals surface area contributed by atoms with Crippen molar-refractivity contribution in [2.24, 2.45) is 0 Å². The molecule has 0 bridgehead atoms. The van der Waals surface area contributed by atoms with Gasteiger partial charge in [0, 0.05) is 0 Å². The van der Waals surface area contributed by atoms with E-state index in [0.29, 0.717) is 12.4 Å². The molecule has 2 heterocycles. The number of rotatable bonds is 3. The average Bonchev–Trinajstić information content (AvgIpc) is 2.64. The fraction of sp³-hybridized carbons (Fsp3) is 0.300. The lowest BCUT2D eigenvalue weighted by Gasteiger charge is -2.01. The average molecular weight is 237 g/mol. The minimum Gasteiger partial charge on any atom is -0.442 e. The van der Waals surface area contributed by atoms with Gasteiger partial charge in [0.2, 0.25) is 5.71 Å². The number of carbonyl (C=O) groups is 1. The zero-order valence-corrected chi connectivity index (χ0v) is 9.36. The van der Waals surface area contributed by atoms with Crippen molar-refractivity contribution in [3.8, 4) is 0 Å². The Bertz CT molecular complexity index is 614. The number of hydrogen-bond acceptors (Lipinski definition) is 5. The second kappa shape index (κ2) is 4.38. The fourth-order valence-corrected chi connectivity index (χ4v) is 1.52. The number of nitrogens with zero attached hydrogens (tertiary/aromatic N) is 1. The number of hydroxylamine groups is 1. The summed E-state index contributed by atoms with van der Waals surface area (Å²) in [6, 6.07) is 0. The van der Waals surface area contributed by atoms with E-state index in [0.717, 1.165) is 0 Å². The Labute approximate surface area is 95.7 Å². The van der Waals surface area contributed by atoms with Gasteiger partial charge in [-0.15, -0.1) is 0 Å². The van der Waals surface area contributed by atoms with Crippen LogP contribution in [0.4, 0.5) is 0 Å². The Balaban J connectivity index is 2.56. The number of aromatic nitrogens is 2. The number of furan rings is 1. The molecule has 2 aromatic rings. The molecule has 0 saturated carbocycles. The molecular weight excluding hydrogens is 226 g/mol. The summed E-state index contributed by atoms with van der Waals surface area (Å²) in [5, 5.41) is 0.127. The number of nitrogens with one attached hydrogen (secondary N) is 2. The first-order valence-corrected chi connectivity index (χ1v) is 5.04.